The van der Waals surface area contributed by atoms with Crippen molar-refractivity contribution >= 4 is 27.5 Å². The summed E-state index contributed by atoms with van der Waals surface area (Å²) in [6.07, 6.45) is 3.74. The highest BCUT2D eigenvalue weighted by atomic mass is 79.9. The van der Waals surface area contributed by atoms with Crippen LogP contribution in [0.3, 0.4) is 0 Å². The van der Waals surface area contributed by atoms with Crippen molar-refractivity contribution in [3.05, 3.63) is 51.5 Å². The molecule has 0 aliphatic rings. The first-order valence-electron chi connectivity index (χ1n) is 6.34. The van der Waals surface area contributed by atoms with Crippen LogP contribution in [0, 0.1) is 0 Å². The van der Waals surface area contributed by atoms with Gasteiger partial charge in [-0.1, -0.05) is 27.5 Å². The average Bonchev–Trinajstić information content (AvgIpc) is 2.80. The van der Waals surface area contributed by atoms with Gasteiger partial charge in [-0.2, -0.15) is 0 Å². The fraction of sp³-hybridized carbons (Fsp3) is 0.357. The molecule has 0 amide bonds. The summed E-state index contributed by atoms with van der Waals surface area (Å²) in [4.78, 5) is 6.53. The number of nitrogens with zero attached hydrogens (tertiary/aromatic N) is 3. The molecule has 0 radical (unpaired) electrons. The zero-order chi connectivity index (χ0) is 14.7. The molecule has 1 heterocycles. The first-order chi connectivity index (χ1) is 9.52. The zero-order valence-corrected chi connectivity index (χ0v) is 13.9. The summed E-state index contributed by atoms with van der Waals surface area (Å²) in [5.74, 6) is 1.00. The van der Waals surface area contributed by atoms with Gasteiger partial charge < -0.3 is 10.3 Å². The molecule has 108 valence electrons. The summed E-state index contributed by atoms with van der Waals surface area (Å²) in [6, 6.07) is 5.86. The Balaban J connectivity index is 2.23. The number of likely N-dealkylation sites (N-methyl/N-ethyl adjacent to an activating group) is 1. The Morgan fingerprint density at radius 3 is 2.85 bits per heavy atom. The van der Waals surface area contributed by atoms with Crippen molar-refractivity contribution in [2.24, 2.45) is 12.8 Å². The van der Waals surface area contributed by atoms with Crippen LogP contribution >= 0.6 is 27.5 Å². The lowest BCUT2D eigenvalue weighted by Crippen LogP contribution is -2.31. The van der Waals surface area contributed by atoms with E-state index >= 15 is 0 Å². The van der Waals surface area contributed by atoms with E-state index in [1.165, 1.54) is 0 Å². The Labute approximate surface area is 132 Å². The number of rotatable bonds is 5. The van der Waals surface area contributed by atoms with Gasteiger partial charge in [-0.15, -0.1) is 0 Å². The predicted molar refractivity (Wildman–Crippen MR) is 85.6 cm³/mol. The van der Waals surface area contributed by atoms with Gasteiger partial charge in [-0.3, -0.25) is 4.90 Å². The number of hydrogen-bond acceptors (Lipinski definition) is 3. The Morgan fingerprint density at radius 2 is 2.25 bits per heavy atom. The Morgan fingerprint density at radius 1 is 1.50 bits per heavy atom. The van der Waals surface area contributed by atoms with E-state index in [-0.39, 0.29) is 6.04 Å². The van der Waals surface area contributed by atoms with Crippen LogP contribution in [0.5, 0.6) is 0 Å². The SMILES string of the molecule is CN(Cc1nccn1C)C(CN)c1cc(Cl)ccc1Br. The Hall–Kier alpha value is -0.880. The summed E-state index contributed by atoms with van der Waals surface area (Å²) >= 11 is 9.66. The molecule has 1 aromatic heterocycles. The first kappa shape index (κ1) is 15.5. The van der Waals surface area contributed by atoms with Crippen molar-refractivity contribution in [2.45, 2.75) is 12.6 Å². The second-order valence-corrected chi connectivity index (χ2v) is 6.08. The van der Waals surface area contributed by atoms with Crippen LogP contribution in [-0.2, 0) is 13.6 Å². The third kappa shape index (κ3) is 3.41. The van der Waals surface area contributed by atoms with Crippen LogP contribution in [0.2, 0.25) is 5.02 Å². The largest absolute Gasteiger partial charge is 0.337 e. The van der Waals surface area contributed by atoms with E-state index in [0.29, 0.717) is 11.6 Å². The van der Waals surface area contributed by atoms with Crippen LogP contribution in [0.4, 0.5) is 0 Å². The Kier molecular flexibility index (Phi) is 5.21. The molecule has 1 aromatic carbocycles. The zero-order valence-electron chi connectivity index (χ0n) is 11.6. The van der Waals surface area contributed by atoms with E-state index in [9.17, 15) is 0 Å². The first-order valence-corrected chi connectivity index (χ1v) is 7.51. The molecule has 0 saturated heterocycles. The second-order valence-electron chi connectivity index (χ2n) is 4.79. The fourth-order valence-corrected chi connectivity index (χ4v) is 2.89. The molecular formula is C14H18BrClN4. The monoisotopic (exact) mass is 356 g/mol. The van der Waals surface area contributed by atoms with Crippen molar-refractivity contribution in [3.63, 3.8) is 0 Å². The van der Waals surface area contributed by atoms with Gasteiger partial charge in [-0.05, 0) is 30.8 Å². The van der Waals surface area contributed by atoms with Crippen molar-refractivity contribution in [3.8, 4) is 0 Å². The lowest BCUT2D eigenvalue weighted by Gasteiger charge is -2.28. The molecule has 2 aromatic rings. The highest BCUT2D eigenvalue weighted by Crippen LogP contribution is 2.29. The number of aryl methyl sites for hydroxylation is 1. The van der Waals surface area contributed by atoms with Gasteiger partial charge in [0.1, 0.15) is 5.82 Å². The molecule has 6 heteroatoms. The topological polar surface area (TPSA) is 47.1 Å². The quantitative estimate of drug-likeness (QED) is 0.895. The maximum Gasteiger partial charge on any atom is 0.122 e. The molecule has 1 unspecified atom stereocenters. The number of aromatic nitrogens is 2. The molecule has 0 saturated carbocycles. The summed E-state index contributed by atoms with van der Waals surface area (Å²) in [5, 5.41) is 0.715. The van der Waals surface area contributed by atoms with Crippen LogP contribution in [0.25, 0.3) is 0 Å². The van der Waals surface area contributed by atoms with Crippen molar-refractivity contribution in [2.75, 3.05) is 13.6 Å². The average molecular weight is 358 g/mol. The van der Waals surface area contributed by atoms with E-state index in [0.717, 1.165) is 22.4 Å². The molecule has 1 atom stereocenters. The van der Waals surface area contributed by atoms with Gasteiger partial charge in [0.25, 0.3) is 0 Å². The van der Waals surface area contributed by atoms with Gasteiger partial charge in [0.15, 0.2) is 0 Å². The van der Waals surface area contributed by atoms with Crippen molar-refractivity contribution < 1.29 is 0 Å². The van der Waals surface area contributed by atoms with Gasteiger partial charge in [-0.25, -0.2) is 4.98 Å². The molecule has 0 bridgehead atoms. The fourth-order valence-electron chi connectivity index (χ4n) is 2.20. The number of hydrogen-bond donors (Lipinski definition) is 1. The highest BCUT2D eigenvalue weighted by Gasteiger charge is 2.19. The minimum atomic E-state index is 0.0831. The molecule has 20 heavy (non-hydrogen) atoms. The molecule has 2 N–H and O–H groups in total. The summed E-state index contributed by atoms with van der Waals surface area (Å²) < 4.78 is 3.03. The van der Waals surface area contributed by atoms with Gasteiger partial charge in [0.05, 0.1) is 6.54 Å². The third-order valence-corrected chi connectivity index (χ3v) is 4.34. The lowest BCUT2D eigenvalue weighted by atomic mass is 10.1. The Bertz CT molecular complexity index is 584. The lowest BCUT2D eigenvalue weighted by molar-refractivity contribution is 0.233. The molecule has 2 rings (SSSR count). The summed E-state index contributed by atoms with van der Waals surface area (Å²) in [6.45, 7) is 1.24. The van der Waals surface area contributed by atoms with Gasteiger partial charge in [0, 0.05) is 41.5 Å². The maximum atomic E-state index is 6.09. The van der Waals surface area contributed by atoms with Crippen LogP contribution in [0.15, 0.2) is 35.1 Å². The minimum Gasteiger partial charge on any atom is -0.337 e. The number of benzene rings is 1. The van der Waals surface area contributed by atoms with Crippen molar-refractivity contribution in [1.29, 1.82) is 0 Å². The van der Waals surface area contributed by atoms with E-state index in [2.05, 4.69) is 25.8 Å². The normalized spacial score (nSPS) is 12.9. The highest BCUT2D eigenvalue weighted by molar-refractivity contribution is 9.10. The molecule has 4 nitrogen and oxygen atoms in total. The maximum absolute atomic E-state index is 6.09. The smallest absolute Gasteiger partial charge is 0.122 e. The molecule has 0 aliphatic heterocycles. The number of halogens is 2. The molecule has 0 fully saturated rings. The predicted octanol–water partition coefficient (Wildman–Crippen LogP) is 2.97. The van der Waals surface area contributed by atoms with Crippen molar-refractivity contribution in [1.82, 2.24) is 14.5 Å². The second kappa shape index (κ2) is 6.72. The summed E-state index contributed by atoms with van der Waals surface area (Å²) in [5.41, 5.74) is 7.05. The van der Waals surface area contributed by atoms with Gasteiger partial charge in [0.2, 0.25) is 0 Å². The van der Waals surface area contributed by atoms with Crippen LogP contribution in [-0.4, -0.2) is 28.0 Å². The van der Waals surface area contributed by atoms with Crippen LogP contribution in [0.1, 0.15) is 17.4 Å². The molecule has 0 spiro atoms. The van der Waals surface area contributed by atoms with E-state index in [4.69, 9.17) is 17.3 Å². The minimum absolute atomic E-state index is 0.0831. The van der Waals surface area contributed by atoms with Crippen LogP contribution < -0.4 is 5.73 Å². The van der Waals surface area contributed by atoms with Gasteiger partial charge >= 0.3 is 0 Å². The third-order valence-electron chi connectivity index (χ3n) is 3.38. The molecular weight excluding hydrogens is 340 g/mol. The number of nitrogens with two attached hydrogens (primary N) is 1. The standard InChI is InChI=1S/C14H18BrClN4/c1-19-6-5-18-14(19)9-20(2)13(8-17)11-7-10(16)3-4-12(11)15/h3-7,13H,8-9,17H2,1-2H3. The summed E-state index contributed by atoms with van der Waals surface area (Å²) in [7, 11) is 4.03. The van der Waals surface area contributed by atoms with E-state index in [1.807, 2.05) is 43.1 Å². The van der Waals surface area contributed by atoms with E-state index in [1.54, 1.807) is 6.20 Å². The number of imidazole rings is 1. The van der Waals surface area contributed by atoms with E-state index < -0.39 is 0 Å². The molecule has 0 aliphatic carbocycles.